The summed E-state index contributed by atoms with van der Waals surface area (Å²) in [7, 11) is 0. The molecule has 2 rings (SSSR count). The number of nitrogens with zero attached hydrogens (tertiary/aromatic N) is 2. The van der Waals surface area contributed by atoms with Crippen LogP contribution in [0.4, 0.5) is 15.4 Å². The minimum atomic E-state index is -0.516. The van der Waals surface area contributed by atoms with E-state index in [0.717, 1.165) is 0 Å². The maximum Gasteiger partial charge on any atom is 0.410 e. The fourth-order valence-electron chi connectivity index (χ4n) is 2.27. The zero-order chi connectivity index (χ0) is 17.6. The second kappa shape index (κ2) is 7.96. The highest BCUT2D eigenvalue weighted by Gasteiger charge is 2.27. The number of carbonyl (C=O) groups excluding carboxylic acids is 2. The molecule has 3 amide bonds. The number of carbonyl (C=O) groups is 2. The summed E-state index contributed by atoms with van der Waals surface area (Å²) in [5.74, 6) is 0.488. The SMILES string of the molecule is CC(C)(C)OC(=O)N1CCN[C@@H](CNC(=O)Nc2ccccn2)C1. The maximum absolute atomic E-state index is 12.1. The smallest absolute Gasteiger partial charge is 0.410 e. The largest absolute Gasteiger partial charge is 0.444 e. The molecule has 1 aromatic heterocycles. The van der Waals surface area contributed by atoms with E-state index >= 15 is 0 Å². The van der Waals surface area contributed by atoms with Crippen LogP contribution in [0, 0.1) is 0 Å². The predicted octanol–water partition coefficient (Wildman–Crippen LogP) is 1.41. The first kappa shape index (κ1) is 18.0. The first-order chi connectivity index (χ1) is 11.3. The van der Waals surface area contributed by atoms with Crippen LogP contribution in [0.2, 0.25) is 0 Å². The highest BCUT2D eigenvalue weighted by Crippen LogP contribution is 2.11. The van der Waals surface area contributed by atoms with Crippen molar-refractivity contribution in [2.75, 3.05) is 31.5 Å². The standard InChI is InChI=1S/C16H25N5O3/c1-16(2,3)24-15(23)21-9-8-17-12(11-21)10-19-14(22)20-13-6-4-5-7-18-13/h4-7,12,17H,8-11H2,1-3H3,(H2,18,19,20,22)/t12-/m0/s1. The molecule has 1 aromatic rings. The molecular weight excluding hydrogens is 310 g/mol. The molecule has 0 aliphatic carbocycles. The van der Waals surface area contributed by atoms with Crippen LogP contribution < -0.4 is 16.0 Å². The number of urea groups is 1. The van der Waals surface area contributed by atoms with Gasteiger partial charge in [0.2, 0.25) is 0 Å². The van der Waals surface area contributed by atoms with Crippen LogP contribution in [0.1, 0.15) is 20.8 Å². The van der Waals surface area contributed by atoms with Crippen LogP contribution in [0.15, 0.2) is 24.4 Å². The number of pyridine rings is 1. The summed E-state index contributed by atoms with van der Waals surface area (Å²) in [6.45, 7) is 7.66. The highest BCUT2D eigenvalue weighted by molar-refractivity contribution is 5.88. The van der Waals surface area contributed by atoms with E-state index in [1.165, 1.54) is 0 Å². The second-order valence-electron chi connectivity index (χ2n) is 6.63. The van der Waals surface area contributed by atoms with Crippen molar-refractivity contribution in [3.8, 4) is 0 Å². The number of nitrogens with one attached hydrogen (secondary N) is 3. The van der Waals surface area contributed by atoms with E-state index in [0.29, 0.717) is 32.0 Å². The number of ether oxygens (including phenoxy) is 1. The Kier molecular flexibility index (Phi) is 5.97. The van der Waals surface area contributed by atoms with Crippen molar-refractivity contribution >= 4 is 17.9 Å². The van der Waals surface area contributed by atoms with Gasteiger partial charge in [0, 0.05) is 38.4 Å². The van der Waals surface area contributed by atoms with Crippen LogP contribution >= 0.6 is 0 Å². The Bertz CT molecular complexity index is 559. The molecular formula is C16H25N5O3. The number of hydrogen-bond acceptors (Lipinski definition) is 5. The van der Waals surface area contributed by atoms with E-state index in [9.17, 15) is 9.59 Å². The van der Waals surface area contributed by atoms with Gasteiger partial charge in [-0.1, -0.05) is 6.07 Å². The average molecular weight is 335 g/mol. The van der Waals surface area contributed by atoms with Gasteiger partial charge in [0.25, 0.3) is 0 Å². The van der Waals surface area contributed by atoms with E-state index in [-0.39, 0.29) is 18.2 Å². The molecule has 0 spiro atoms. The first-order valence-corrected chi connectivity index (χ1v) is 8.01. The average Bonchev–Trinajstić information content (AvgIpc) is 2.53. The molecule has 24 heavy (non-hydrogen) atoms. The third-order valence-electron chi connectivity index (χ3n) is 3.32. The molecule has 1 aliphatic heterocycles. The van der Waals surface area contributed by atoms with Crippen molar-refractivity contribution < 1.29 is 14.3 Å². The lowest BCUT2D eigenvalue weighted by atomic mass is 10.2. The third-order valence-corrected chi connectivity index (χ3v) is 3.32. The van der Waals surface area contributed by atoms with Crippen LogP contribution in [-0.4, -0.2) is 59.8 Å². The summed E-state index contributed by atoms with van der Waals surface area (Å²) in [6, 6.07) is 4.93. The van der Waals surface area contributed by atoms with Crippen LogP contribution in [0.3, 0.4) is 0 Å². The fourth-order valence-corrected chi connectivity index (χ4v) is 2.27. The molecule has 3 N–H and O–H groups in total. The topological polar surface area (TPSA) is 95.6 Å². The Morgan fingerprint density at radius 2 is 2.21 bits per heavy atom. The van der Waals surface area contributed by atoms with Crippen molar-refractivity contribution in [2.45, 2.75) is 32.4 Å². The van der Waals surface area contributed by atoms with E-state index in [4.69, 9.17) is 4.74 Å². The Balaban J connectivity index is 1.76. The number of hydrogen-bond donors (Lipinski definition) is 3. The van der Waals surface area contributed by atoms with E-state index < -0.39 is 5.60 Å². The highest BCUT2D eigenvalue weighted by atomic mass is 16.6. The summed E-state index contributed by atoms with van der Waals surface area (Å²) in [5.41, 5.74) is -0.516. The van der Waals surface area contributed by atoms with Gasteiger partial charge in [0.1, 0.15) is 11.4 Å². The Morgan fingerprint density at radius 1 is 1.42 bits per heavy atom. The molecule has 132 valence electrons. The minimum Gasteiger partial charge on any atom is -0.444 e. The summed E-state index contributed by atoms with van der Waals surface area (Å²) in [5, 5.41) is 8.71. The summed E-state index contributed by atoms with van der Waals surface area (Å²) < 4.78 is 5.38. The zero-order valence-electron chi connectivity index (χ0n) is 14.3. The molecule has 0 saturated carbocycles. The molecule has 2 heterocycles. The number of rotatable bonds is 3. The molecule has 0 bridgehead atoms. The molecule has 8 nitrogen and oxygen atoms in total. The van der Waals surface area contributed by atoms with Crippen molar-refractivity contribution in [1.29, 1.82) is 0 Å². The lowest BCUT2D eigenvalue weighted by Crippen LogP contribution is -2.57. The normalized spacial score (nSPS) is 18.0. The molecule has 8 heteroatoms. The zero-order valence-corrected chi connectivity index (χ0v) is 14.3. The molecule has 1 fully saturated rings. The van der Waals surface area contributed by atoms with Crippen molar-refractivity contribution in [1.82, 2.24) is 20.5 Å². The number of piperazine rings is 1. The Morgan fingerprint density at radius 3 is 2.88 bits per heavy atom. The summed E-state index contributed by atoms with van der Waals surface area (Å²) in [6.07, 6.45) is 1.28. The Hall–Kier alpha value is -2.35. The van der Waals surface area contributed by atoms with E-state index in [1.54, 1.807) is 29.3 Å². The van der Waals surface area contributed by atoms with E-state index in [1.807, 2.05) is 20.8 Å². The summed E-state index contributed by atoms with van der Waals surface area (Å²) >= 11 is 0. The van der Waals surface area contributed by atoms with Crippen molar-refractivity contribution in [3.05, 3.63) is 24.4 Å². The monoisotopic (exact) mass is 335 g/mol. The minimum absolute atomic E-state index is 0.0271. The van der Waals surface area contributed by atoms with Crippen molar-refractivity contribution in [3.63, 3.8) is 0 Å². The van der Waals surface area contributed by atoms with Gasteiger partial charge in [0.05, 0.1) is 0 Å². The van der Waals surface area contributed by atoms with E-state index in [2.05, 4.69) is 20.9 Å². The molecule has 1 saturated heterocycles. The van der Waals surface area contributed by atoms with Crippen LogP contribution in [0.25, 0.3) is 0 Å². The van der Waals surface area contributed by atoms with Gasteiger partial charge in [-0.15, -0.1) is 0 Å². The second-order valence-corrected chi connectivity index (χ2v) is 6.63. The van der Waals surface area contributed by atoms with Gasteiger partial charge in [-0.2, -0.15) is 0 Å². The molecule has 0 aromatic carbocycles. The van der Waals surface area contributed by atoms with Crippen LogP contribution in [-0.2, 0) is 4.74 Å². The predicted molar refractivity (Wildman–Crippen MR) is 90.9 cm³/mol. The summed E-state index contributed by atoms with van der Waals surface area (Å²) in [4.78, 5) is 29.7. The number of anilines is 1. The van der Waals surface area contributed by atoms with Gasteiger partial charge in [-0.25, -0.2) is 14.6 Å². The third kappa shape index (κ3) is 6.04. The quantitative estimate of drug-likeness (QED) is 0.776. The number of amides is 3. The van der Waals surface area contributed by atoms with Crippen LogP contribution in [0.5, 0.6) is 0 Å². The number of aromatic nitrogens is 1. The van der Waals surface area contributed by atoms with Gasteiger partial charge in [0.15, 0.2) is 0 Å². The lowest BCUT2D eigenvalue weighted by molar-refractivity contribution is 0.0197. The molecule has 0 radical (unpaired) electrons. The fraction of sp³-hybridized carbons (Fsp3) is 0.562. The Labute approximate surface area is 142 Å². The van der Waals surface area contributed by atoms with Gasteiger partial charge >= 0.3 is 12.1 Å². The maximum atomic E-state index is 12.1. The first-order valence-electron chi connectivity index (χ1n) is 8.01. The van der Waals surface area contributed by atoms with Crippen molar-refractivity contribution in [2.24, 2.45) is 0 Å². The lowest BCUT2D eigenvalue weighted by Gasteiger charge is -2.34. The molecule has 1 atom stereocenters. The molecule has 1 aliphatic rings. The molecule has 0 unspecified atom stereocenters. The van der Waals surface area contributed by atoms with Gasteiger partial charge in [-0.3, -0.25) is 5.32 Å². The van der Waals surface area contributed by atoms with Gasteiger partial charge < -0.3 is 20.3 Å². The van der Waals surface area contributed by atoms with Gasteiger partial charge in [-0.05, 0) is 32.9 Å².